The molecule has 0 saturated heterocycles. The molecule has 3 rings (SSSR count). The molecule has 0 aliphatic carbocycles. The molecule has 0 saturated carbocycles. The van der Waals surface area contributed by atoms with Crippen molar-refractivity contribution in [3.63, 3.8) is 0 Å². The molecule has 2 N–H and O–H groups in total. The number of anilines is 2. The highest BCUT2D eigenvalue weighted by Crippen LogP contribution is 2.24. The van der Waals surface area contributed by atoms with Crippen LogP contribution in [-0.4, -0.2) is 36.9 Å². The van der Waals surface area contributed by atoms with Crippen LogP contribution in [0.25, 0.3) is 0 Å². The fraction of sp³-hybridized carbons (Fsp3) is 0.200. The second-order valence-electron chi connectivity index (χ2n) is 7.30. The minimum atomic E-state index is -0.311. The maximum Gasteiger partial charge on any atom is 0.255 e. The summed E-state index contributed by atoms with van der Waals surface area (Å²) < 4.78 is 5.26. The number of amides is 2. The zero-order chi connectivity index (χ0) is 22.2. The van der Waals surface area contributed by atoms with Crippen molar-refractivity contribution in [2.75, 3.05) is 24.8 Å². The molecule has 6 heteroatoms. The molecule has 3 aromatic rings. The number of nitrogens with one attached hydrogen (secondary N) is 2. The quantitative estimate of drug-likeness (QED) is 0.570. The molecule has 6 nitrogen and oxygen atoms in total. The van der Waals surface area contributed by atoms with Gasteiger partial charge in [-0.3, -0.25) is 14.5 Å². The van der Waals surface area contributed by atoms with E-state index in [4.69, 9.17) is 4.74 Å². The highest BCUT2D eigenvalue weighted by Gasteiger charge is 2.18. The number of methoxy groups -OCH3 is 1. The minimum Gasteiger partial charge on any atom is -0.495 e. The Morgan fingerprint density at radius 1 is 0.903 bits per heavy atom. The molecule has 0 aliphatic rings. The van der Waals surface area contributed by atoms with E-state index < -0.39 is 0 Å². The summed E-state index contributed by atoms with van der Waals surface area (Å²) in [6.07, 6.45) is 0. The lowest BCUT2D eigenvalue weighted by molar-refractivity contribution is -0.120. The molecule has 31 heavy (non-hydrogen) atoms. The van der Waals surface area contributed by atoms with Crippen molar-refractivity contribution in [1.82, 2.24) is 4.90 Å². The molecular formula is C25H27N3O3. The number of carbonyl (C=O) groups is 2. The van der Waals surface area contributed by atoms with E-state index in [1.54, 1.807) is 43.5 Å². The molecule has 160 valence electrons. The molecule has 0 aromatic heterocycles. The van der Waals surface area contributed by atoms with Gasteiger partial charge < -0.3 is 15.4 Å². The van der Waals surface area contributed by atoms with Gasteiger partial charge in [-0.05, 0) is 55.9 Å². The van der Waals surface area contributed by atoms with E-state index >= 15 is 0 Å². The lowest BCUT2D eigenvalue weighted by atomic mass is 10.1. The Hall–Kier alpha value is -3.64. The van der Waals surface area contributed by atoms with Crippen molar-refractivity contribution in [2.45, 2.75) is 19.5 Å². The molecule has 3 aromatic carbocycles. The van der Waals surface area contributed by atoms with Gasteiger partial charge in [0, 0.05) is 17.8 Å². The summed E-state index contributed by atoms with van der Waals surface area (Å²) in [6, 6.07) is 23.7. The van der Waals surface area contributed by atoms with Gasteiger partial charge >= 0.3 is 0 Å². The fourth-order valence-electron chi connectivity index (χ4n) is 3.10. The highest BCUT2D eigenvalue weighted by atomic mass is 16.5. The number of likely N-dealkylation sites (N-methyl/N-ethyl adjacent to an activating group) is 1. The Balaban J connectivity index is 1.58. The van der Waals surface area contributed by atoms with Crippen LogP contribution >= 0.6 is 0 Å². The fourth-order valence-corrected chi connectivity index (χ4v) is 3.10. The van der Waals surface area contributed by atoms with E-state index in [0.717, 1.165) is 5.56 Å². The Labute approximate surface area is 182 Å². The van der Waals surface area contributed by atoms with E-state index in [2.05, 4.69) is 10.6 Å². The predicted molar refractivity (Wildman–Crippen MR) is 123 cm³/mol. The number of benzene rings is 3. The Bertz CT molecular complexity index is 1020. The molecule has 0 heterocycles. The average molecular weight is 418 g/mol. The van der Waals surface area contributed by atoms with Crippen molar-refractivity contribution in [1.29, 1.82) is 0 Å². The third-order valence-corrected chi connectivity index (χ3v) is 5.09. The zero-order valence-corrected chi connectivity index (χ0v) is 18.0. The summed E-state index contributed by atoms with van der Waals surface area (Å²) in [6.45, 7) is 2.55. The van der Waals surface area contributed by atoms with Gasteiger partial charge in [-0.15, -0.1) is 0 Å². The molecule has 0 fully saturated rings. The van der Waals surface area contributed by atoms with Gasteiger partial charge in [0.2, 0.25) is 5.91 Å². The zero-order valence-electron chi connectivity index (χ0n) is 18.0. The van der Waals surface area contributed by atoms with Gasteiger partial charge in [0.1, 0.15) is 5.75 Å². The van der Waals surface area contributed by atoms with Gasteiger partial charge in [0.15, 0.2) is 0 Å². The summed E-state index contributed by atoms with van der Waals surface area (Å²) in [7, 11) is 3.48. The Morgan fingerprint density at radius 3 is 2.23 bits per heavy atom. The monoisotopic (exact) mass is 417 g/mol. The van der Waals surface area contributed by atoms with Crippen LogP contribution in [0.2, 0.25) is 0 Å². The van der Waals surface area contributed by atoms with Crippen LogP contribution in [0.5, 0.6) is 5.75 Å². The van der Waals surface area contributed by atoms with Crippen molar-refractivity contribution in [2.24, 2.45) is 0 Å². The van der Waals surface area contributed by atoms with E-state index in [-0.39, 0.29) is 17.9 Å². The van der Waals surface area contributed by atoms with Crippen molar-refractivity contribution in [3.05, 3.63) is 90.0 Å². The van der Waals surface area contributed by atoms with Crippen LogP contribution in [0.3, 0.4) is 0 Å². The third kappa shape index (κ3) is 5.93. The first-order valence-corrected chi connectivity index (χ1v) is 10.1. The highest BCUT2D eigenvalue weighted by molar-refractivity contribution is 6.05. The first kappa shape index (κ1) is 22.1. The van der Waals surface area contributed by atoms with E-state index in [0.29, 0.717) is 29.2 Å². The number of carbonyl (C=O) groups excluding carboxylic acids is 2. The topological polar surface area (TPSA) is 70.7 Å². The minimum absolute atomic E-state index is 0.107. The average Bonchev–Trinajstić information content (AvgIpc) is 2.80. The number of nitrogens with zero attached hydrogens (tertiary/aromatic N) is 1. The number of para-hydroxylation sites is 2. The summed E-state index contributed by atoms with van der Waals surface area (Å²) in [5.74, 6) is 0.233. The molecule has 1 atom stereocenters. The number of rotatable bonds is 8. The first-order chi connectivity index (χ1) is 15.0. The van der Waals surface area contributed by atoms with E-state index in [9.17, 15) is 9.59 Å². The van der Waals surface area contributed by atoms with Gasteiger partial charge in [-0.25, -0.2) is 0 Å². The molecular weight excluding hydrogens is 390 g/mol. The standard InChI is InChI=1S/C25H27N3O3/c1-18(28(2)17-19-9-5-4-6-10-19)24(29)26-21-15-13-20(14-16-21)25(30)27-22-11-7-8-12-23(22)31-3/h4-16,18H,17H2,1-3H3,(H,26,29)(H,27,30)/t18-/m0/s1. The van der Waals surface area contributed by atoms with E-state index in [1.165, 1.54) is 0 Å². The van der Waals surface area contributed by atoms with Gasteiger partial charge in [0.05, 0.1) is 18.8 Å². The van der Waals surface area contributed by atoms with E-state index in [1.807, 2.05) is 61.3 Å². The van der Waals surface area contributed by atoms with Crippen LogP contribution in [0.15, 0.2) is 78.9 Å². The van der Waals surface area contributed by atoms with Crippen LogP contribution in [-0.2, 0) is 11.3 Å². The Kier molecular flexibility index (Phi) is 7.40. The van der Waals surface area contributed by atoms with Gasteiger partial charge in [0.25, 0.3) is 5.91 Å². The molecule has 0 spiro atoms. The summed E-state index contributed by atoms with van der Waals surface area (Å²) in [4.78, 5) is 27.1. The smallest absolute Gasteiger partial charge is 0.255 e. The van der Waals surface area contributed by atoms with Crippen LogP contribution < -0.4 is 15.4 Å². The van der Waals surface area contributed by atoms with Crippen LogP contribution in [0, 0.1) is 0 Å². The number of hydrogen-bond acceptors (Lipinski definition) is 4. The lowest BCUT2D eigenvalue weighted by Crippen LogP contribution is -2.39. The molecule has 0 radical (unpaired) electrons. The third-order valence-electron chi connectivity index (χ3n) is 5.09. The first-order valence-electron chi connectivity index (χ1n) is 10.1. The van der Waals surface area contributed by atoms with Gasteiger partial charge in [-0.2, -0.15) is 0 Å². The Morgan fingerprint density at radius 2 is 1.55 bits per heavy atom. The summed E-state index contributed by atoms with van der Waals surface area (Å²) in [5.41, 5.74) is 2.87. The number of hydrogen-bond donors (Lipinski definition) is 2. The maximum absolute atomic E-state index is 12.6. The molecule has 0 aliphatic heterocycles. The predicted octanol–water partition coefficient (Wildman–Crippen LogP) is 4.41. The van der Waals surface area contributed by atoms with Crippen molar-refractivity contribution < 1.29 is 14.3 Å². The summed E-state index contributed by atoms with van der Waals surface area (Å²) in [5, 5.41) is 5.75. The molecule has 0 unspecified atom stereocenters. The molecule has 2 amide bonds. The molecule has 0 bridgehead atoms. The van der Waals surface area contributed by atoms with Crippen molar-refractivity contribution in [3.8, 4) is 5.75 Å². The van der Waals surface area contributed by atoms with Crippen LogP contribution in [0.1, 0.15) is 22.8 Å². The van der Waals surface area contributed by atoms with Crippen molar-refractivity contribution >= 4 is 23.2 Å². The van der Waals surface area contributed by atoms with Gasteiger partial charge in [-0.1, -0.05) is 42.5 Å². The normalized spacial score (nSPS) is 11.6. The second kappa shape index (κ2) is 10.4. The SMILES string of the molecule is COc1ccccc1NC(=O)c1ccc(NC(=O)[C@H](C)N(C)Cc2ccccc2)cc1. The summed E-state index contributed by atoms with van der Waals surface area (Å²) >= 11 is 0. The maximum atomic E-state index is 12.6. The second-order valence-corrected chi connectivity index (χ2v) is 7.30. The van der Waals surface area contributed by atoms with Crippen LogP contribution in [0.4, 0.5) is 11.4 Å². The number of ether oxygens (including phenoxy) is 1. The largest absolute Gasteiger partial charge is 0.495 e. The lowest BCUT2D eigenvalue weighted by Gasteiger charge is -2.24.